The van der Waals surface area contributed by atoms with Gasteiger partial charge in [-0.3, -0.25) is 4.79 Å². The monoisotopic (exact) mass is 277 g/mol. The van der Waals surface area contributed by atoms with Gasteiger partial charge >= 0.3 is 0 Å². The lowest BCUT2D eigenvalue weighted by Crippen LogP contribution is -2.12. The van der Waals surface area contributed by atoms with E-state index in [1.54, 1.807) is 0 Å². The quantitative estimate of drug-likeness (QED) is 0.794. The van der Waals surface area contributed by atoms with E-state index in [0.717, 1.165) is 24.0 Å². The first-order valence-electron chi connectivity index (χ1n) is 7.24. The lowest BCUT2D eigenvalue weighted by molar-refractivity contribution is -0.119. The molecule has 1 unspecified atom stereocenters. The third-order valence-electron chi connectivity index (χ3n) is 3.68. The molecular weight excluding hydrogens is 258 g/mol. The van der Waals surface area contributed by atoms with Crippen molar-refractivity contribution in [3.63, 3.8) is 0 Å². The van der Waals surface area contributed by atoms with Gasteiger partial charge in [-0.2, -0.15) is 5.26 Å². The number of hydrogen-bond acceptors (Lipinski definition) is 2. The number of hydrogen-bond donors (Lipinski definition) is 0. The fourth-order valence-corrected chi connectivity index (χ4v) is 2.48. The van der Waals surface area contributed by atoms with Crippen LogP contribution in [-0.2, 0) is 11.2 Å². The Morgan fingerprint density at radius 3 is 2.43 bits per heavy atom. The molecule has 1 atom stereocenters. The Balaban J connectivity index is 1.96. The Morgan fingerprint density at radius 1 is 1.10 bits per heavy atom. The molecule has 0 spiro atoms. The third-order valence-corrected chi connectivity index (χ3v) is 3.68. The van der Waals surface area contributed by atoms with Gasteiger partial charge in [-0.05, 0) is 36.5 Å². The number of aryl methyl sites for hydroxylation is 2. The number of ketones is 1. The number of benzene rings is 2. The minimum atomic E-state index is -0.637. The molecule has 0 bridgehead atoms. The van der Waals surface area contributed by atoms with Gasteiger partial charge in [0, 0.05) is 6.42 Å². The summed E-state index contributed by atoms with van der Waals surface area (Å²) >= 11 is 0. The molecule has 106 valence electrons. The van der Waals surface area contributed by atoms with Gasteiger partial charge in [0.2, 0.25) is 0 Å². The second kappa shape index (κ2) is 7.40. The second-order valence-electron chi connectivity index (χ2n) is 5.22. The maximum atomic E-state index is 12.3. The normalized spacial score (nSPS) is 11.6. The van der Waals surface area contributed by atoms with Crippen molar-refractivity contribution < 1.29 is 4.79 Å². The number of carbonyl (C=O) groups is 1. The highest BCUT2D eigenvalue weighted by Crippen LogP contribution is 2.22. The molecule has 0 aliphatic heterocycles. The van der Waals surface area contributed by atoms with Gasteiger partial charge in [0.15, 0.2) is 5.78 Å². The molecule has 21 heavy (non-hydrogen) atoms. The number of nitriles is 1. The Morgan fingerprint density at radius 2 is 1.76 bits per heavy atom. The number of carbonyl (C=O) groups excluding carboxylic acids is 1. The summed E-state index contributed by atoms with van der Waals surface area (Å²) in [7, 11) is 0. The highest BCUT2D eigenvalue weighted by molar-refractivity contribution is 5.88. The molecule has 2 rings (SSSR count). The SMILES string of the molecule is Cc1ccccc1C(C#N)C(=O)CCCc1ccccc1. The Kier molecular flexibility index (Phi) is 5.29. The van der Waals surface area contributed by atoms with Crippen LogP contribution in [0.4, 0.5) is 0 Å². The molecular formula is C19H19NO. The summed E-state index contributed by atoms with van der Waals surface area (Å²) in [5.41, 5.74) is 3.07. The molecule has 0 heterocycles. The topological polar surface area (TPSA) is 40.9 Å². The molecule has 0 aromatic heterocycles. The summed E-state index contributed by atoms with van der Waals surface area (Å²) in [4.78, 5) is 12.3. The Bertz CT molecular complexity index is 640. The van der Waals surface area contributed by atoms with Gasteiger partial charge in [0.1, 0.15) is 5.92 Å². The van der Waals surface area contributed by atoms with Crippen molar-refractivity contribution in [1.29, 1.82) is 5.26 Å². The number of Topliss-reactive ketones (excluding diaryl/α,β-unsaturated/α-hetero) is 1. The molecule has 0 N–H and O–H groups in total. The van der Waals surface area contributed by atoms with Crippen LogP contribution in [0, 0.1) is 18.3 Å². The van der Waals surface area contributed by atoms with E-state index in [1.807, 2.05) is 49.4 Å². The van der Waals surface area contributed by atoms with E-state index < -0.39 is 5.92 Å². The first-order chi connectivity index (χ1) is 10.2. The lowest BCUT2D eigenvalue weighted by atomic mass is 9.90. The van der Waals surface area contributed by atoms with E-state index in [2.05, 4.69) is 18.2 Å². The van der Waals surface area contributed by atoms with Crippen molar-refractivity contribution >= 4 is 5.78 Å². The van der Waals surface area contributed by atoms with Crippen LogP contribution in [0.2, 0.25) is 0 Å². The smallest absolute Gasteiger partial charge is 0.154 e. The van der Waals surface area contributed by atoms with Crippen LogP contribution in [0.25, 0.3) is 0 Å². The summed E-state index contributed by atoms with van der Waals surface area (Å²) in [5, 5.41) is 9.32. The first-order valence-corrected chi connectivity index (χ1v) is 7.24. The average Bonchev–Trinajstić information content (AvgIpc) is 2.51. The van der Waals surface area contributed by atoms with Crippen LogP contribution in [0.1, 0.15) is 35.4 Å². The fraction of sp³-hybridized carbons (Fsp3) is 0.263. The van der Waals surface area contributed by atoms with E-state index in [4.69, 9.17) is 0 Å². The van der Waals surface area contributed by atoms with Crippen LogP contribution in [-0.4, -0.2) is 5.78 Å². The van der Waals surface area contributed by atoms with Crippen molar-refractivity contribution in [2.24, 2.45) is 0 Å². The molecule has 0 fully saturated rings. The van der Waals surface area contributed by atoms with Gasteiger partial charge in [-0.25, -0.2) is 0 Å². The van der Waals surface area contributed by atoms with Crippen LogP contribution < -0.4 is 0 Å². The maximum Gasteiger partial charge on any atom is 0.154 e. The Hall–Kier alpha value is -2.40. The zero-order valence-electron chi connectivity index (χ0n) is 12.3. The van der Waals surface area contributed by atoms with Crippen molar-refractivity contribution in [2.45, 2.75) is 32.1 Å². The fourth-order valence-electron chi connectivity index (χ4n) is 2.48. The lowest BCUT2D eigenvalue weighted by Gasteiger charge is -2.11. The van der Waals surface area contributed by atoms with Gasteiger partial charge in [0.05, 0.1) is 6.07 Å². The van der Waals surface area contributed by atoms with Crippen molar-refractivity contribution in [3.8, 4) is 6.07 Å². The zero-order valence-corrected chi connectivity index (χ0v) is 12.3. The summed E-state index contributed by atoms with van der Waals surface area (Å²) < 4.78 is 0. The summed E-state index contributed by atoms with van der Waals surface area (Å²) in [6.07, 6.45) is 2.10. The molecule has 0 aliphatic carbocycles. The van der Waals surface area contributed by atoms with E-state index in [1.165, 1.54) is 5.56 Å². The highest BCUT2D eigenvalue weighted by Gasteiger charge is 2.20. The standard InChI is InChI=1S/C19H19NO/c1-15-8-5-6-12-17(15)18(14-20)19(21)13-7-11-16-9-3-2-4-10-16/h2-6,8-10,12,18H,7,11,13H2,1H3. The molecule has 2 aromatic carbocycles. The number of rotatable bonds is 6. The van der Waals surface area contributed by atoms with Crippen LogP contribution >= 0.6 is 0 Å². The van der Waals surface area contributed by atoms with E-state index >= 15 is 0 Å². The van der Waals surface area contributed by atoms with Crippen LogP contribution in [0.5, 0.6) is 0 Å². The van der Waals surface area contributed by atoms with E-state index in [9.17, 15) is 10.1 Å². The zero-order chi connectivity index (χ0) is 15.1. The van der Waals surface area contributed by atoms with Crippen LogP contribution in [0.15, 0.2) is 54.6 Å². The van der Waals surface area contributed by atoms with Gasteiger partial charge in [-0.1, -0.05) is 54.6 Å². The Labute approximate surface area is 126 Å². The molecule has 0 amide bonds. The molecule has 0 radical (unpaired) electrons. The summed E-state index contributed by atoms with van der Waals surface area (Å²) in [6.45, 7) is 1.94. The first kappa shape index (κ1) is 15.0. The highest BCUT2D eigenvalue weighted by atomic mass is 16.1. The predicted octanol–water partition coefficient (Wildman–Crippen LogP) is 4.19. The summed E-state index contributed by atoms with van der Waals surface area (Å²) in [6, 6.07) is 19.9. The minimum absolute atomic E-state index is 0.0164. The maximum absolute atomic E-state index is 12.3. The van der Waals surface area contributed by atoms with Gasteiger partial charge in [0.25, 0.3) is 0 Å². The van der Waals surface area contributed by atoms with Gasteiger partial charge < -0.3 is 0 Å². The molecule has 0 aliphatic rings. The van der Waals surface area contributed by atoms with Crippen molar-refractivity contribution in [1.82, 2.24) is 0 Å². The third kappa shape index (κ3) is 4.03. The molecule has 2 heteroatoms. The summed E-state index contributed by atoms with van der Waals surface area (Å²) in [5.74, 6) is -0.621. The van der Waals surface area contributed by atoms with Gasteiger partial charge in [-0.15, -0.1) is 0 Å². The predicted molar refractivity (Wildman–Crippen MR) is 83.9 cm³/mol. The average molecular weight is 277 g/mol. The largest absolute Gasteiger partial charge is 0.298 e. The molecule has 2 aromatic rings. The van der Waals surface area contributed by atoms with Crippen LogP contribution in [0.3, 0.4) is 0 Å². The minimum Gasteiger partial charge on any atom is -0.298 e. The van der Waals surface area contributed by atoms with Crippen molar-refractivity contribution in [2.75, 3.05) is 0 Å². The molecule has 0 saturated carbocycles. The van der Waals surface area contributed by atoms with E-state index in [-0.39, 0.29) is 5.78 Å². The van der Waals surface area contributed by atoms with E-state index in [0.29, 0.717) is 6.42 Å². The second-order valence-corrected chi connectivity index (χ2v) is 5.22. The van der Waals surface area contributed by atoms with Crippen molar-refractivity contribution in [3.05, 3.63) is 71.3 Å². The molecule has 2 nitrogen and oxygen atoms in total. The number of nitrogens with zero attached hydrogens (tertiary/aromatic N) is 1. The molecule has 0 saturated heterocycles.